The lowest BCUT2D eigenvalue weighted by Gasteiger charge is -2.10. The van der Waals surface area contributed by atoms with Crippen molar-refractivity contribution >= 4 is 97.1 Å². The molecule has 4 heterocycles. The summed E-state index contributed by atoms with van der Waals surface area (Å²) in [6.45, 7) is 0. The van der Waals surface area contributed by atoms with Crippen LogP contribution in [0.15, 0.2) is 138 Å². The number of furan rings is 1. The fourth-order valence-electron chi connectivity index (χ4n) is 8.03. The fourth-order valence-corrected chi connectivity index (χ4v) is 9.09. The van der Waals surface area contributed by atoms with Crippen LogP contribution in [0.5, 0.6) is 0 Å². The topological polar surface area (TPSA) is 70.6 Å². The van der Waals surface area contributed by atoms with E-state index in [0.717, 1.165) is 76.9 Å². The Labute approximate surface area is 288 Å². The van der Waals surface area contributed by atoms with Crippen LogP contribution >= 0.6 is 11.3 Å². The first-order valence-electron chi connectivity index (χ1n) is 16.4. The Bertz CT molecular complexity index is 3360. The third kappa shape index (κ3) is 3.58. The number of para-hydroxylation sites is 2. The molecule has 0 atom stereocenters. The van der Waals surface area contributed by atoms with Gasteiger partial charge in [0.15, 0.2) is 0 Å². The van der Waals surface area contributed by atoms with Crippen molar-refractivity contribution in [3.05, 3.63) is 145 Å². The summed E-state index contributed by atoms with van der Waals surface area (Å²) in [6, 6.07) is 50.8. The summed E-state index contributed by atoms with van der Waals surface area (Å²) >= 11 is 1.80. The van der Waals surface area contributed by atoms with Gasteiger partial charge in [0.2, 0.25) is 0 Å². The Kier molecular flexibility index (Phi) is 5.34. The monoisotopic (exact) mass is 654 g/mol. The largest absolute Gasteiger partial charge is 0.456 e. The van der Waals surface area contributed by atoms with Crippen LogP contribution in [0, 0.1) is 22.7 Å². The molecule has 0 radical (unpaired) electrons. The van der Waals surface area contributed by atoms with Gasteiger partial charge in [-0.15, -0.1) is 11.3 Å². The molecule has 0 bridgehead atoms. The molecule has 0 aliphatic carbocycles. The third-order valence-electron chi connectivity index (χ3n) is 10.2. The molecule has 6 heteroatoms. The Morgan fingerprint density at radius 2 is 1.02 bits per heavy atom. The smallest absolute Gasteiger partial charge is 0.136 e. The van der Waals surface area contributed by atoms with Crippen molar-refractivity contribution in [3.63, 3.8) is 0 Å². The summed E-state index contributed by atoms with van der Waals surface area (Å²) in [5.41, 5.74) is 9.39. The van der Waals surface area contributed by atoms with Gasteiger partial charge >= 0.3 is 0 Å². The quantitative estimate of drug-likeness (QED) is 0.186. The first-order chi connectivity index (χ1) is 24.7. The molecule has 0 saturated heterocycles. The highest BCUT2D eigenvalue weighted by Crippen LogP contribution is 2.43. The van der Waals surface area contributed by atoms with Crippen LogP contribution in [0.4, 0.5) is 0 Å². The number of nitriles is 2. The summed E-state index contributed by atoms with van der Waals surface area (Å²) in [4.78, 5) is 0. The molecule has 0 unspecified atom stereocenters. The number of aromatic nitrogens is 2. The van der Waals surface area contributed by atoms with Gasteiger partial charge in [-0.1, -0.05) is 36.4 Å². The molecule has 0 N–H and O–H groups in total. The van der Waals surface area contributed by atoms with Crippen molar-refractivity contribution in [2.24, 2.45) is 0 Å². The molecular weight excluding hydrogens is 633 g/mol. The molecule has 0 spiro atoms. The standard InChI is InChI=1S/C44H22N4OS/c45-23-25-9-13-36-31(19-25)29-5-1-3-7-35(29)47(36)27-11-17-41-32(21-27)33-22-28(12-18-42(33)50-41)48-37-14-10-26(24-46)20-34(37)43-38(48)15-16-40-44(43)30-6-2-4-8-39(30)49-40/h1-22H. The number of rotatable bonds is 2. The van der Waals surface area contributed by atoms with E-state index in [1.807, 2.05) is 42.5 Å². The SMILES string of the molecule is N#Cc1ccc2c(c1)c1ccccc1n2-c1ccc2sc3ccc(-n4c5ccc(C#N)cc5c5c6c(ccc54)oc4ccccc46)cc3c2c1. The lowest BCUT2D eigenvalue weighted by Crippen LogP contribution is -1.94. The Hall–Kier alpha value is -6.86. The highest BCUT2D eigenvalue weighted by molar-refractivity contribution is 7.25. The molecule has 7 aromatic carbocycles. The predicted octanol–water partition coefficient (Wildman–Crippen LogP) is 11.9. The van der Waals surface area contributed by atoms with Crippen molar-refractivity contribution < 1.29 is 4.42 Å². The number of hydrogen-bond acceptors (Lipinski definition) is 4. The Morgan fingerprint density at radius 1 is 0.440 bits per heavy atom. The zero-order valence-electron chi connectivity index (χ0n) is 26.3. The summed E-state index contributed by atoms with van der Waals surface area (Å²) < 4.78 is 13.4. The van der Waals surface area contributed by atoms with Crippen molar-refractivity contribution in [2.75, 3.05) is 0 Å². The van der Waals surface area contributed by atoms with Gasteiger partial charge in [-0.25, -0.2) is 0 Å². The van der Waals surface area contributed by atoms with E-state index in [0.29, 0.717) is 11.1 Å². The third-order valence-corrected chi connectivity index (χ3v) is 11.3. The van der Waals surface area contributed by atoms with Crippen molar-refractivity contribution in [1.82, 2.24) is 9.13 Å². The predicted molar refractivity (Wildman–Crippen MR) is 205 cm³/mol. The van der Waals surface area contributed by atoms with Gasteiger partial charge in [-0.3, -0.25) is 0 Å². The van der Waals surface area contributed by atoms with Gasteiger partial charge in [0.1, 0.15) is 11.2 Å². The Balaban J connectivity index is 1.19. The van der Waals surface area contributed by atoms with Crippen LogP contribution < -0.4 is 0 Å². The molecule has 0 amide bonds. The van der Waals surface area contributed by atoms with Crippen molar-refractivity contribution in [2.45, 2.75) is 0 Å². The van der Waals surface area contributed by atoms with E-state index in [9.17, 15) is 10.5 Å². The second-order valence-electron chi connectivity index (χ2n) is 12.8. The van der Waals surface area contributed by atoms with E-state index in [1.165, 1.54) is 20.2 Å². The van der Waals surface area contributed by atoms with Gasteiger partial charge in [0.25, 0.3) is 0 Å². The molecule has 0 aliphatic heterocycles. The molecule has 4 aromatic heterocycles. The van der Waals surface area contributed by atoms with Crippen LogP contribution in [0.2, 0.25) is 0 Å². The van der Waals surface area contributed by atoms with Crippen LogP contribution in [-0.2, 0) is 0 Å². The molecule has 0 saturated carbocycles. The molecular formula is C44H22N4OS. The number of fused-ring (bicyclic) bond motifs is 13. The van der Waals surface area contributed by atoms with Crippen LogP contribution in [-0.4, -0.2) is 9.13 Å². The van der Waals surface area contributed by atoms with Gasteiger partial charge in [0, 0.05) is 63.9 Å². The van der Waals surface area contributed by atoms with E-state index in [-0.39, 0.29) is 0 Å². The fraction of sp³-hybridized carbons (Fsp3) is 0. The minimum absolute atomic E-state index is 0.627. The number of thiophene rings is 1. The van der Waals surface area contributed by atoms with Crippen molar-refractivity contribution in [3.8, 4) is 23.5 Å². The molecule has 230 valence electrons. The summed E-state index contributed by atoms with van der Waals surface area (Å²) in [7, 11) is 0. The molecule has 11 rings (SSSR count). The van der Waals surface area contributed by atoms with Crippen LogP contribution in [0.25, 0.3) is 97.1 Å². The lowest BCUT2D eigenvalue weighted by atomic mass is 10.0. The zero-order chi connectivity index (χ0) is 33.1. The summed E-state index contributed by atoms with van der Waals surface area (Å²) in [5, 5.41) is 28.3. The number of nitrogens with zero attached hydrogens (tertiary/aromatic N) is 4. The first-order valence-corrected chi connectivity index (χ1v) is 17.2. The van der Waals surface area contributed by atoms with Gasteiger partial charge in [0.05, 0.1) is 45.3 Å². The van der Waals surface area contributed by atoms with Gasteiger partial charge in [-0.05, 0) is 97.1 Å². The molecule has 50 heavy (non-hydrogen) atoms. The van der Waals surface area contributed by atoms with Crippen molar-refractivity contribution in [1.29, 1.82) is 10.5 Å². The molecule has 11 aromatic rings. The Morgan fingerprint density at radius 3 is 1.74 bits per heavy atom. The maximum Gasteiger partial charge on any atom is 0.136 e. The average Bonchev–Trinajstić information content (AvgIpc) is 3.91. The summed E-state index contributed by atoms with van der Waals surface area (Å²) in [6.07, 6.45) is 0. The zero-order valence-corrected chi connectivity index (χ0v) is 27.1. The van der Waals surface area contributed by atoms with E-state index in [2.05, 4.69) is 112 Å². The lowest BCUT2D eigenvalue weighted by molar-refractivity contribution is 0.669. The van der Waals surface area contributed by atoms with E-state index in [4.69, 9.17) is 4.42 Å². The normalized spacial score (nSPS) is 12.0. The maximum absolute atomic E-state index is 9.88. The van der Waals surface area contributed by atoms with Crippen LogP contribution in [0.3, 0.4) is 0 Å². The number of hydrogen-bond donors (Lipinski definition) is 0. The minimum Gasteiger partial charge on any atom is -0.456 e. The van der Waals surface area contributed by atoms with E-state index >= 15 is 0 Å². The van der Waals surface area contributed by atoms with E-state index in [1.54, 1.807) is 11.3 Å². The molecule has 5 nitrogen and oxygen atoms in total. The minimum atomic E-state index is 0.627. The average molecular weight is 655 g/mol. The molecule has 0 fully saturated rings. The summed E-state index contributed by atoms with van der Waals surface area (Å²) in [5.74, 6) is 0. The first kappa shape index (κ1) is 27.1. The maximum atomic E-state index is 9.88. The van der Waals surface area contributed by atoms with Gasteiger partial charge in [-0.2, -0.15) is 10.5 Å². The highest BCUT2D eigenvalue weighted by Gasteiger charge is 2.20. The second kappa shape index (κ2) is 9.84. The van der Waals surface area contributed by atoms with E-state index < -0.39 is 0 Å². The van der Waals surface area contributed by atoms with Crippen LogP contribution in [0.1, 0.15) is 11.1 Å². The van der Waals surface area contributed by atoms with Gasteiger partial charge < -0.3 is 13.6 Å². The highest BCUT2D eigenvalue weighted by atomic mass is 32.1. The number of benzene rings is 7. The second-order valence-corrected chi connectivity index (χ2v) is 13.9. The molecule has 0 aliphatic rings.